The van der Waals surface area contributed by atoms with Gasteiger partial charge in [-0.05, 0) is 29.5 Å². The molecule has 4 nitrogen and oxygen atoms in total. The zero-order chi connectivity index (χ0) is 13.0. The van der Waals surface area contributed by atoms with Gasteiger partial charge in [-0.1, -0.05) is 30.4 Å². The quantitative estimate of drug-likeness (QED) is 0.473. The molecule has 0 radical (unpaired) electrons. The van der Waals surface area contributed by atoms with E-state index in [1.54, 1.807) is 0 Å². The average molecular weight is 501 g/mol. The number of rotatable bonds is 5. The summed E-state index contributed by atoms with van der Waals surface area (Å²) in [6, 6.07) is 5.00. The summed E-state index contributed by atoms with van der Waals surface area (Å²) in [5.74, 6) is -1.05. The molecule has 0 aromatic heterocycles. The molecule has 0 saturated carbocycles. The van der Waals surface area contributed by atoms with E-state index >= 15 is 0 Å². The van der Waals surface area contributed by atoms with Crippen LogP contribution in [0.15, 0.2) is 24.3 Å². The summed E-state index contributed by atoms with van der Waals surface area (Å²) in [6.45, 7) is 0. The molecule has 0 bridgehead atoms. The number of benzene rings is 1. The van der Waals surface area contributed by atoms with E-state index in [2.05, 4.69) is 17.5 Å². The van der Waals surface area contributed by atoms with Crippen molar-refractivity contribution in [3.05, 3.63) is 41.0 Å². The maximum Gasteiger partial charge on any atom is 0.323 e. The molecule has 1 amide bonds. The average Bonchev–Trinajstić information content (AvgIpc) is 2.38. The first-order valence-electron chi connectivity index (χ1n) is 5.84. The fraction of sp³-hybridized carbons (Fsp3) is 0.286. The summed E-state index contributed by atoms with van der Waals surface area (Å²) in [4.78, 5) is 21.2. The van der Waals surface area contributed by atoms with Gasteiger partial charge in [0, 0.05) is 6.42 Å². The van der Waals surface area contributed by atoms with Crippen LogP contribution < -0.4 is 5.32 Å². The van der Waals surface area contributed by atoms with Gasteiger partial charge < -0.3 is 15.2 Å². The first-order chi connectivity index (χ1) is 8.70. The Balaban J connectivity index is 0.00000180. The topological polar surface area (TPSA) is 66.4 Å². The van der Waals surface area contributed by atoms with Crippen molar-refractivity contribution in [3.8, 4) is 0 Å². The molecule has 0 saturated heterocycles. The molecule has 1 aromatic rings. The Hall–Kier alpha value is -3.10. The van der Waals surface area contributed by atoms with Gasteiger partial charge in [-0.3, -0.25) is 4.79 Å². The van der Waals surface area contributed by atoms with Crippen molar-refractivity contribution in [2.75, 3.05) is 0 Å². The van der Waals surface area contributed by atoms with Crippen molar-refractivity contribution < 1.29 is 14.7 Å². The standard InChI is InChI=1S/C14H14NO3.Fm/c16-9-15-13(14(17)18)8-10-5-6-11-3-1-2-4-12(11)7-10;/h2,4-7,13H,1,3,8H2,(H,15,16)(H,17,18);/q-1;. The summed E-state index contributed by atoms with van der Waals surface area (Å²) in [6.07, 6.45) is 7.94. The van der Waals surface area contributed by atoms with Crippen molar-refractivity contribution in [1.82, 2.24) is 5.32 Å². The first-order valence-corrected chi connectivity index (χ1v) is 5.84. The van der Waals surface area contributed by atoms with Crippen LogP contribution in [0.2, 0.25) is 0 Å². The van der Waals surface area contributed by atoms with Gasteiger partial charge in [-0.15, -0.1) is 0 Å². The number of aliphatic carboxylic acids is 1. The van der Waals surface area contributed by atoms with Crippen molar-refractivity contribution in [1.29, 1.82) is 0 Å². The van der Waals surface area contributed by atoms with Crippen LogP contribution in [0.5, 0.6) is 0 Å². The summed E-state index contributed by atoms with van der Waals surface area (Å²) in [7, 11) is 0. The van der Waals surface area contributed by atoms with Gasteiger partial charge in [0.2, 0.25) is 0 Å². The third kappa shape index (κ3) is 3.19. The molecule has 19 heavy (non-hydrogen) atoms. The Morgan fingerprint density at radius 3 is 2.95 bits per heavy atom. The maximum atomic E-state index is 10.9. The van der Waals surface area contributed by atoms with Gasteiger partial charge in [-0.2, -0.15) is 6.41 Å². The Morgan fingerprint density at radius 1 is 1.47 bits per heavy atom. The first kappa shape index (κ1) is 14.0. The minimum atomic E-state index is -1.05. The number of fused-ring (bicyclic) bond motifs is 1. The van der Waals surface area contributed by atoms with E-state index in [9.17, 15) is 9.59 Å². The van der Waals surface area contributed by atoms with E-state index in [0.717, 1.165) is 24.0 Å². The number of aryl methyl sites for hydroxylation is 1. The third-order valence-electron chi connectivity index (χ3n) is 3.06. The summed E-state index contributed by atoms with van der Waals surface area (Å²) >= 11 is 0. The fourth-order valence-corrected chi connectivity index (χ4v) is 2.11. The SMILES string of the molecule is O=[C-]NC(Cc1ccc2c(c1)C=CCC2)C(=O)O.[Fm]. The van der Waals surface area contributed by atoms with Crippen molar-refractivity contribution in [2.45, 2.75) is 25.3 Å². The number of carbonyl (C=O) groups is 1. The van der Waals surface area contributed by atoms with Crippen molar-refractivity contribution in [2.24, 2.45) is 0 Å². The molecule has 1 aliphatic carbocycles. The normalized spacial score (nSPS) is 13.9. The van der Waals surface area contributed by atoms with Crippen LogP contribution in [-0.2, 0) is 22.4 Å². The number of amides is 1. The molecule has 1 aliphatic rings. The second-order valence-corrected chi connectivity index (χ2v) is 4.32. The minimum absolute atomic E-state index is 0. The van der Waals surface area contributed by atoms with Crippen LogP contribution in [0.1, 0.15) is 23.1 Å². The van der Waals surface area contributed by atoms with Crippen LogP contribution in [0.3, 0.4) is 0 Å². The van der Waals surface area contributed by atoms with E-state index in [-0.39, 0.29) is 6.42 Å². The number of nitrogens with one attached hydrogen (secondary N) is 1. The number of carbonyl (C=O) groups excluding carboxylic acids is 1. The summed E-state index contributed by atoms with van der Waals surface area (Å²) in [5, 5.41) is 11.1. The fourth-order valence-electron chi connectivity index (χ4n) is 2.11. The molecule has 106 valence electrons. The molecule has 1 atom stereocenters. The molecule has 1 aromatic carbocycles. The van der Waals surface area contributed by atoms with Crippen LogP contribution in [0.4, 0.5) is 0 Å². The largest absolute Gasteiger partial charge is 0.520 e. The van der Waals surface area contributed by atoms with Gasteiger partial charge >= 0.3 is 5.97 Å². The third-order valence-corrected chi connectivity index (χ3v) is 3.06. The van der Waals surface area contributed by atoms with Crippen molar-refractivity contribution in [3.63, 3.8) is 0 Å². The van der Waals surface area contributed by atoms with Gasteiger partial charge in [0.05, 0.1) is 0 Å². The predicted molar refractivity (Wildman–Crippen MR) is 67.8 cm³/mol. The second-order valence-electron chi connectivity index (χ2n) is 4.32. The summed E-state index contributed by atoms with van der Waals surface area (Å²) in [5.41, 5.74) is 3.32. The van der Waals surface area contributed by atoms with E-state index in [1.807, 2.05) is 18.2 Å². The van der Waals surface area contributed by atoms with Gasteiger partial charge in [0.15, 0.2) is 0 Å². The maximum absolute atomic E-state index is 10.9. The zero-order valence-corrected chi connectivity index (χ0v) is 12.5. The molecule has 2 rings (SSSR count). The van der Waals surface area contributed by atoms with Crippen molar-refractivity contribution >= 4 is 18.5 Å². The molecular formula is C14H14FmNO3-. The molecule has 0 heterocycles. The number of carboxylic acid groups (broad SMARTS) is 1. The smallest absolute Gasteiger partial charge is 0.323 e. The predicted octanol–water partition coefficient (Wildman–Crippen LogP) is 1.30. The van der Waals surface area contributed by atoms with Crippen LogP contribution in [0, 0.1) is 0 Å². The van der Waals surface area contributed by atoms with E-state index in [0.29, 0.717) is 0 Å². The van der Waals surface area contributed by atoms with Gasteiger partial charge in [-0.25, -0.2) is 0 Å². The van der Waals surface area contributed by atoms with E-state index < -0.39 is 12.0 Å². The van der Waals surface area contributed by atoms with Crippen LogP contribution in [0.25, 0.3) is 6.08 Å². The van der Waals surface area contributed by atoms with E-state index in [4.69, 9.17) is 5.11 Å². The van der Waals surface area contributed by atoms with E-state index in [1.165, 1.54) is 12.0 Å². The Kier molecular flexibility index (Phi) is 4.41. The molecule has 0 spiro atoms. The van der Waals surface area contributed by atoms with Gasteiger partial charge in [0.1, 0.15) is 6.04 Å². The number of allylic oxidation sites excluding steroid dienone is 1. The molecule has 2 N–H and O–H groups in total. The second kappa shape index (κ2) is 6.00. The Bertz CT molecular complexity index is 499. The monoisotopic (exact) mass is 501 g/mol. The molecule has 5 heteroatoms. The molecule has 1 unspecified atom stereocenters. The number of hydrogen-bond acceptors (Lipinski definition) is 2. The van der Waals surface area contributed by atoms with Gasteiger partial charge in [0.25, 0.3) is 0 Å². The molecule has 0 aliphatic heterocycles. The Labute approximate surface area is 105 Å². The molecule has 0 fully saturated rings. The Morgan fingerprint density at radius 2 is 2.26 bits per heavy atom. The number of hydrogen-bond donors (Lipinski definition) is 2. The zero-order valence-electron chi connectivity index (χ0n) is 10.1. The van der Waals surface area contributed by atoms with Crippen LogP contribution in [-0.4, -0.2) is 23.5 Å². The number of carboxylic acids is 1. The van der Waals surface area contributed by atoms with Crippen LogP contribution >= 0.6 is 0 Å². The molecular weight excluding hydrogens is 487 g/mol. The summed E-state index contributed by atoms with van der Waals surface area (Å²) < 4.78 is 0. The minimum Gasteiger partial charge on any atom is -0.520 e.